The molecule has 0 amide bonds. The third kappa shape index (κ3) is 1.95. The maximum absolute atomic E-state index is 5.36. The maximum atomic E-state index is 5.36. The largest absolute Gasteiger partial charge is 0.454 e. The molecule has 4 nitrogen and oxygen atoms in total. The van der Waals surface area contributed by atoms with E-state index >= 15 is 0 Å². The van der Waals surface area contributed by atoms with Crippen LogP contribution in [-0.2, 0) is 0 Å². The molecule has 2 aromatic rings. The molecule has 2 aliphatic heterocycles. The van der Waals surface area contributed by atoms with Crippen molar-refractivity contribution in [2.75, 3.05) is 13.6 Å². The molecule has 0 atom stereocenters. The van der Waals surface area contributed by atoms with Crippen LogP contribution in [0, 0.1) is 0 Å². The number of benzene rings is 2. The van der Waals surface area contributed by atoms with Crippen molar-refractivity contribution in [3.8, 4) is 23.0 Å². The molecular weight excluding hydrogens is 256 g/mol. The molecule has 0 radical (unpaired) electrons. The fourth-order valence-electron chi connectivity index (χ4n) is 2.23. The van der Waals surface area contributed by atoms with E-state index in [1.165, 1.54) is 0 Å². The summed E-state index contributed by atoms with van der Waals surface area (Å²) in [6.07, 6.45) is 4.05. The lowest BCUT2D eigenvalue weighted by molar-refractivity contribution is 0.173. The summed E-state index contributed by atoms with van der Waals surface area (Å²) in [4.78, 5) is 0. The van der Waals surface area contributed by atoms with E-state index in [9.17, 15) is 0 Å². The number of fused-ring (bicyclic) bond motifs is 2. The summed E-state index contributed by atoms with van der Waals surface area (Å²) in [7, 11) is 0. The third-order valence-corrected chi connectivity index (χ3v) is 3.26. The highest BCUT2D eigenvalue weighted by atomic mass is 16.7. The molecule has 0 aliphatic carbocycles. The molecule has 2 aliphatic rings. The average Bonchev–Trinajstić information content (AvgIpc) is 3.12. The van der Waals surface area contributed by atoms with Gasteiger partial charge in [-0.25, -0.2) is 0 Å². The highest BCUT2D eigenvalue weighted by molar-refractivity contribution is 5.72. The minimum Gasteiger partial charge on any atom is -0.454 e. The molecule has 0 saturated heterocycles. The van der Waals surface area contributed by atoms with Gasteiger partial charge in [0, 0.05) is 0 Å². The smallest absolute Gasteiger partial charge is 0.231 e. The summed E-state index contributed by atoms with van der Waals surface area (Å²) in [6, 6.07) is 11.8. The van der Waals surface area contributed by atoms with E-state index in [2.05, 4.69) is 0 Å². The Morgan fingerprint density at radius 1 is 0.600 bits per heavy atom. The van der Waals surface area contributed by atoms with Crippen LogP contribution in [0.4, 0.5) is 0 Å². The molecule has 0 aromatic heterocycles. The Morgan fingerprint density at radius 2 is 1.05 bits per heavy atom. The lowest BCUT2D eigenvalue weighted by Gasteiger charge is -1.99. The Hall–Kier alpha value is -2.62. The standard InChI is InChI=1S/C16H12O4/c1(11-3-5-13-15(7-11)19-9-17-13)2-12-4-6-14-16(8-12)20-10-18-14/h1-8H,9-10H2. The zero-order valence-corrected chi connectivity index (χ0v) is 10.7. The van der Waals surface area contributed by atoms with Gasteiger partial charge < -0.3 is 18.9 Å². The lowest BCUT2D eigenvalue weighted by atomic mass is 10.1. The fraction of sp³-hybridized carbons (Fsp3) is 0.125. The number of ether oxygens (including phenoxy) is 4. The predicted molar refractivity (Wildman–Crippen MR) is 74.1 cm³/mol. The van der Waals surface area contributed by atoms with Crippen molar-refractivity contribution in [3.05, 3.63) is 47.5 Å². The van der Waals surface area contributed by atoms with Crippen molar-refractivity contribution >= 4 is 12.2 Å². The fourth-order valence-corrected chi connectivity index (χ4v) is 2.23. The number of hydrogen-bond donors (Lipinski definition) is 0. The minimum atomic E-state index is 0.296. The van der Waals surface area contributed by atoms with Gasteiger partial charge in [-0.1, -0.05) is 24.3 Å². The summed E-state index contributed by atoms with van der Waals surface area (Å²) < 4.78 is 21.3. The van der Waals surface area contributed by atoms with Gasteiger partial charge in [-0.3, -0.25) is 0 Å². The normalized spacial score (nSPS) is 15.0. The van der Waals surface area contributed by atoms with Crippen LogP contribution < -0.4 is 18.9 Å². The molecule has 0 unspecified atom stereocenters. The highest BCUT2D eigenvalue weighted by Crippen LogP contribution is 2.34. The van der Waals surface area contributed by atoms with Crippen molar-refractivity contribution in [1.82, 2.24) is 0 Å². The number of hydrogen-bond acceptors (Lipinski definition) is 4. The van der Waals surface area contributed by atoms with E-state index in [1.54, 1.807) is 0 Å². The summed E-state index contributed by atoms with van der Waals surface area (Å²) in [6.45, 7) is 0.593. The summed E-state index contributed by atoms with van der Waals surface area (Å²) in [5.74, 6) is 3.17. The van der Waals surface area contributed by atoms with Crippen molar-refractivity contribution in [1.29, 1.82) is 0 Å². The first-order chi connectivity index (χ1) is 9.88. The van der Waals surface area contributed by atoms with Crippen molar-refractivity contribution in [3.63, 3.8) is 0 Å². The Kier molecular flexibility index (Phi) is 2.52. The van der Waals surface area contributed by atoms with Gasteiger partial charge in [0.25, 0.3) is 0 Å². The monoisotopic (exact) mass is 268 g/mol. The molecule has 100 valence electrons. The Bertz CT molecular complexity index is 631. The van der Waals surface area contributed by atoms with Crippen molar-refractivity contribution < 1.29 is 18.9 Å². The van der Waals surface area contributed by atoms with Gasteiger partial charge in [-0.05, 0) is 35.4 Å². The second-order valence-corrected chi connectivity index (χ2v) is 4.56. The van der Waals surface area contributed by atoms with E-state index in [-0.39, 0.29) is 0 Å². The minimum absolute atomic E-state index is 0.296. The molecule has 0 spiro atoms. The van der Waals surface area contributed by atoms with Gasteiger partial charge in [0.1, 0.15) is 0 Å². The van der Waals surface area contributed by atoms with Crippen LogP contribution >= 0.6 is 0 Å². The molecule has 2 aromatic carbocycles. The lowest BCUT2D eigenvalue weighted by Crippen LogP contribution is -1.92. The van der Waals surface area contributed by atoms with Gasteiger partial charge in [0.15, 0.2) is 23.0 Å². The maximum Gasteiger partial charge on any atom is 0.231 e. The van der Waals surface area contributed by atoms with E-state index in [0.717, 1.165) is 34.1 Å². The van der Waals surface area contributed by atoms with Crippen LogP contribution in [0.1, 0.15) is 11.1 Å². The predicted octanol–water partition coefficient (Wildman–Crippen LogP) is 3.31. The van der Waals surface area contributed by atoms with E-state index < -0.39 is 0 Å². The van der Waals surface area contributed by atoms with E-state index in [1.807, 2.05) is 48.6 Å². The van der Waals surface area contributed by atoms with Gasteiger partial charge in [0.2, 0.25) is 13.6 Å². The summed E-state index contributed by atoms with van der Waals surface area (Å²) >= 11 is 0. The highest BCUT2D eigenvalue weighted by Gasteiger charge is 2.13. The Morgan fingerprint density at radius 3 is 1.55 bits per heavy atom. The van der Waals surface area contributed by atoms with Gasteiger partial charge in [0.05, 0.1) is 0 Å². The van der Waals surface area contributed by atoms with Gasteiger partial charge >= 0.3 is 0 Å². The van der Waals surface area contributed by atoms with Crippen LogP contribution in [0.3, 0.4) is 0 Å². The third-order valence-electron chi connectivity index (χ3n) is 3.26. The average molecular weight is 268 g/mol. The molecule has 4 rings (SSSR count). The molecule has 4 heteroatoms. The first-order valence-corrected chi connectivity index (χ1v) is 6.36. The zero-order valence-electron chi connectivity index (χ0n) is 10.7. The van der Waals surface area contributed by atoms with Crippen molar-refractivity contribution in [2.24, 2.45) is 0 Å². The topological polar surface area (TPSA) is 36.9 Å². The van der Waals surface area contributed by atoms with E-state index in [4.69, 9.17) is 18.9 Å². The summed E-state index contributed by atoms with van der Waals surface area (Å²) in [5, 5.41) is 0. The second kappa shape index (κ2) is 4.49. The molecular formula is C16H12O4. The zero-order chi connectivity index (χ0) is 13.4. The van der Waals surface area contributed by atoms with Crippen LogP contribution in [-0.4, -0.2) is 13.6 Å². The molecule has 0 fully saturated rings. The summed E-state index contributed by atoms with van der Waals surface area (Å²) in [5.41, 5.74) is 2.12. The molecule has 20 heavy (non-hydrogen) atoms. The molecule has 2 heterocycles. The Balaban J connectivity index is 1.59. The number of rotatable bonds is 2. The van der Waals surface area contributed by atoms with Crippen LogP contribution in [0.15, 0.2) is 36.4 Å². The van der Waals surface area contributed by atoms with Crippen LogP contribution in [0.2, 0.25) is 0 Å². The van der Waals surface area contributed by atoms with Crippen LogP contribution in [0.5, 0.6) is 23.0 Å². The van der Waals surface area contributed by atoms with Crippen molar-refractivity contribution in [2.45, 2.75) is 0 Å². The quantitative estimate of drug-likeness (QED) is 0.783. The molecule has 0 N–H and O–H groups in total. The first-order valence-electron chi connectivity index (χ1n) is 6.36. The van der Waals surface area contributed by atoms with E-state index in [0.29, 0.717) is 13.6 Å². The molecule has 0 saturated carbocycles. The van der Waals surface area contributed by atoms with Gasteiger partial charge in [-0.15, -0.1) is 0 Å². The van der Waals surface area contributed by atoms with Crippen LogP contribution in [0.25, 0.3) is 12.2 Å². The molecule has 0 bridgehead atoms. The Labute approximate surface area is 116 Å². The SMILES string of the molecule is C(=Cc1ccc2c(c1)OCO2)c1ccc2c(c1)OCO2. The van der Waals surface area contributed by atoms with Gasteiger partial charge in [-0.2, -0.15) is 0 Å². The second-order valence-electron chi connectivity index (χ2n) is 4.56. The first kappa shape index (κ1) is 11.2.